The molecule has 1 aliphatic carbocycles. The van der Waals surface area contributed by atoms with Crippen molar-refractivity contribution in [1.82, 2.24) is 19.5 Å². The van der Waals surface area contributed by atoms with E-state index in [1.165, 1.54) is 5.56 Å². The third kappa shape index (κ3) is 4.03. The van der Waals surface area contributed by atoms with Gasteiger partial charge in [-0.1, -0.05) is 49.6 Å². The smallest absolute Gasteiger partial charge is 0.166 e. The van der Waals surface area contributed by atoms with E-state index in [1.54, 1.807) is 6.33 Å². The molecule has 6 nitrogen and oxygen atoms in total. The maximum Gasteiger partial charge on any atom is 0.166 e. The van der Waals surface area contributed by atoms with Crippen molar-refractivity contribution in [3.05, 3.63) is 48.0 Å². The van der Waals surface area contributed by atoms with Crippen LogP contribution in [-0.4, -0.2) is 38.2 Å². The van der Waals surface area contributed by atoms with Crippen LogP contribution in [0.2, 0.25) is 0 Å². The molecule has 6 heteroatoms. The topological polar surface area (TPSA) is 67.1 Å². The molecule has 0 saturated heterocycles. The number of aromatic nitrogens is 4. The van der Waals surface area contributed by atoms with Crippen LogP contribution >= 0.6 is 0 Å². The van der Waals surface area contributed by atoms with Crippen molar-refractivity contribution in [2.24, 2.45) is 5.92 Å². The fourth-order valence-corrected chi connectivity index (χ4v) is 4.39. The summed E-state index contributed by atoms with van der Waals surface area (Å²) >= 11 is 0. The largest absolute Gasteiger partial charge is 0.382 e. The molecule has 0 unspecified atom stereocenters. The van der Waals surface area contributed by atoms with Gasteiger partial charge < -0.3 is 14.6 Å². The van der Waals surface area contributed by atoms with Gasteiger partial charge in [0.25, 0.3) is 0 Å². The van der Waals surface area contributed by atoms with Crippen molar-refractivity contribution < 1.29 is 5.11 Å². The maximum atomic E-state index is 11.4. The summed E-state index contributed by atoms with van der Waals surface area (Å²) in [5, 5.41) is 11.4. The number of nitrogens with zero attached hydrogens (tertiary/aromatic N) is 5. The number of aliphatic hydroxyl groups is 1. The fourth-order valence-electron chi connectivity index (χ4n) is 4.39. The monoisotopic (exact) mass is 403 g/mol. The first-order valence-corrected chi connectivity index (χ1v) is 10.6. The van der Waals surface area contributed by atoms with E-state index in [0.29, 0.717) is 36.8 Å². The van der Waals surface area contributed by atoms with Crippen molar-refractivity contribution in [3.8, 4) is 12.3 Å². The molecule has 2 heterocycles. The summed E-state index contributed by atoms with van der Waals surface area (Å²) in [6, 6.07) is 10.4. The number of imidazole rings is 1. The van der Waals surface area contributed by atoms with Crippen LogP contribution in [0.5, 0.6) is 0 Å². The molecule has 1 saturated carbocycles. The van der Waals surface area contributed by atoms with E-state index in [4.69, 9.17) is 16.4 Å². The number of likely N-dealkylation sites (N-methyl/N-ethyl adjacent to an activating group) is 1. The highest BCUT2D eigenvalue weighted by Crippen LogP contribution is 2.39. The van der Waals surface area contributed by atoms with E-state index in [1.807, 2.05) is 17.7 Å². The van der Waals surface area contributed by atoms with Gasteiger partial charge in [0.15, 0.2) is 22.8 Å². The zero-order valence-electron chi connectivity index (χ0n) is 17.8. The Bertz CT molecular complexity index is 1050. The number of anilines is 1. The van der Waals surface area contributed by atoms with Crippen molar-refractivity contribution in [2.45, 2.75) is 51.2 Å². The number of terminal acetylenes is 1. The summed E-state index contributed by atoms with van der Waals surface area (Å²) in [6.45, 7) is 3.35. The Morgan fingerprint density at radius 2 is 2.10 bits per heavy atom. The van der Waals surface area contributed by atoms with Gasteiger partial charge in [-0.25, -0.2) is 15.0 Å². The predicted molar refractivity (Wildman–Crippen MR) is 119 cm³/mol. The molecule has 0 amide bonds. The summed E-state index contributed by atoms with van der Waals surface area (Å²) in [5.41, 5.74) is 1.67. The summed E-state index contributed by atoms with van der Waals surface area (Å²) < 4.78 is 1.85. The molecule has 0 aliphatic heterocycles. The summed E-state index contributed by atoms with van der Waals surface area (Å²) in [4.78, 5) is 16.3. The van der Waals surface area contributed by atoms with Crippen molar-refractivity contribution in [1.29, 1.82) is 0 Å². The molecule has 1 aliphatic rings. The van der Waals surface area contributed by atoms with Gasteiger partial charge in [0, 0.05) is 13.6 Å². The van der Waals surface area contributed by atoms with Crippen molar-refractivity contribution in [3.63, 3.8) is 0 Å². The van der Waals surface area contributed by atoms with E-state index in [9.17, 15) is 5.11 Å². The average Bonchev–Trinajstić information content (AvgIpc) is 3.15. The Morgan fingerprint density at radius 3 is 2.83 bits per heavy atom. The molecule has 2 aromatic heterocycles. The van der Waals surface area contributed by atoms with E-state index in [2.05, 4.69) is 47.0 Å². The average molecular weight is 404 g/mol. The van der Waals surface area contributed by atoms with Gasteiger partial charge >= 0.3 is 0 Å². The highest BCUT2D eigenvalue weighted by Gasteiger charge is 2.38. The van der Waals surface area contributed by atoms with Gasteiger partial charge in [0.05, 0.1) is 12.9 Å². The molecule has 1 N–H and O–H groups in total. The Labute approximate surface area is 178 Å². The van der Waals surface area contributed by atoms with Gasteiger partial charge in [-0.05, 0) is 37.2 Å². The molecule has 156 valence electrons. The number of rotatable bonds is 6. The van der Waals surface area contributed by atoms with Crippen molar-refractivity contribution in [2.75, 3.05) is 18.5 Å². The zero-order chi connectivity index (χ0) is 21.1. The van der Waals surface area contributed by atoms with E-state index < -0.39 is 5.60 Å². The van der Waals surface area contributed by atoms with Crippen LogP contribution in [0.1, 0.15) is 44.0 Å². The van der Waals surface area contributed by atoms with Gasteiger partial charge in [-0.2, -0.15) is 0 Å². The molecule has 3 aromatic rings. The molecule has 4 rings (SSSR count). The second kappa shape index (κ2) is 8.45. The Morgan fingerprint density at radius 1 is 1.30 bits per heavy atom. The molecule has 0 bridgehead atoms. The van der Waals surface area contributed by atoms with Crippen LogP contribution in [0.15, 0.2) is 36.7 Å². The number of benzene rings is 1. The Balaban J connectivity index is 1.72. The molecular formula is C24H29N5O. The van der Waals surface area contributed by atoms with Crippen LogP contribution in [0.3, 0.4) is 0 Å². The standard InChI is InChI=1S/C24H29N5O/c1-4-14-29-17-25-20-21(28(3)15-12-19-10-6-5-7-11-19)26-23(27-22(20)29)24(30)13-8-9-18(2)16-24/h1,5-7,10-11,17-18,30H,8-9,12-16H2,2-3H3/t18-,24+/m1/s1. The van der Waals surface area contributed by atoms with E-state index >= 15 is 0 Å². The number of hydrogen-bond acceptors (Lipinski definition) is 5. The maximum absolute atomic E-state index is 11.4. The van der Waals surface area contributed by atoms with Crippen LogP contribution in [-0.2, 0) is 18.6 Å². The first-order chi connectivity index (χ1) is 14.5. The lowest BCUT2D eigenvalue weighted by atomic mass is 9.78. The van der Waals surface area contributed by atoms with Gasteiger partial charge in [0.1, 0.15) is 5.60 Å². The van der Waals surface area contributed by atoms with E-state index in [-0.39, 0.29) is 0 Å². The highest BCUT2D eigenvalue weighted by molar-refractivity contribution is 5.83. The van der Waals surface area contributed by atoms with E-state index in [0.717, 1.165) is 37.1 Å². The molecule has 0 spiro atoms. The van der Waals surface area contributed by atoms with Crippen LogP contribution in [0, 0.1) is 18.3 Å². The third-order valence-electron chi connectivity index (χ3n) is 6.04. The minimum absolute atomic E-state index is 0.384. The molecule has 30 heavy (non-hydrogen) atoms. The highest BCUT2D eigenvalue weighted by atomic mass is 16.3. The predicted octanol–water partition coefficient (Wildman–Crippen LogP) is 3.54. The molecule has 0 radical (unpaired) electrons. The molecule has 2 atom stereocenters. The molecule has 1 aromatic carbocycles. The quantitative estimate of drug-likeness (QED) is 0.638. The lowest BCUT2D eigenvalue weighted by Gasteiger charge is -2.34. The Kier molecular flexibility index (Phi) is 5.74. The van der Waals surface area contributed by atoms with Crippen molar-refractivity contribution >= 4 is 17.0 Å². The van der Waals surface area contributed by atoms with Gasteiger partial charge in [0.2, 0.25) is 0 Å². The second-order valence-electron chi connectivity index (χ2n) is 8.51. The van der Waals surface area contributed by atoms with Crippen LogP contribution in [0.25, 0.3) is 11.2 Å². The van der Waals surface area contributed by atoms with Crippen LogP contribution < -0.4 is 4.90 Å². The number of fused-ring (bicyclic) bond motifs is 1. The minimum Gasteiger partial charge on any atom is -0.382 e. The fraction of sp³-hybridized carbons (Fsp3) is 0.458. The first kappa shape index (κ1) is 20.4. The zero-order valence-corrected chi connectivity index (χ0v) is 17.8. The first-order valence-electron chi connectivity index (χ1n) is 10.6. The van der Waals surface area contributed by atoms with Gasteiger partial charge in [-0.3, -0.25) is 0 Å². The molecular weight excluding hydrogens is 374 g/mol. The lowest BCUT2D eigenvalue weighted by Crippen LogP contribution is -2.35. The normalized spacial score (nSPS) is 21.5. The minimum atomic E-state index is -1.01. The SMILES string of the molecule is C#CCn1cnc2c(N(C)CCc3ccccc3)nc([C@]3(O)CCC[C@@H](C)C3)nc21. The Hall–Kier alpha value is -2.91. The lowest BCUT2D eigenvalue weighted by molar-refractivity contribution is -0.0253. The van der Waals surface area contributed by atoms with Crippen LogP contribution in [0.4, 0.5) is 5.82 Å². The third-order valence-corrected chi connectivity index (χ3v) is 6.04. The molecule has 1 fully saturated rings. The van der Waals surface area contributed by atoms with Gasteiger partial charge in [-0.15, -0.1) is 6.42 Å². The summed E-state index contributed by atoms with van der Waals surface area (Å²) in [6.07, 6.45) is 11.6. The summed E-state index contributed by atoms with van der Waals surface area (Å²) in [5.74, 6) is 4.33. The second-order valence-corrected chi connectivity index (χ2v) is 8.51. The number of hydrogen-bond donors (Lipinski definition) is 1. The summed E-state index contributed by atoms with van der Waals surface area (Å²) in [7, 11) is 2.02.